The highest BCUT2D eigenvalue weighted by Crippen LogP contribution is 2.19. The van der Waals surface area contributed by atoms with Gasteiger partial charge in [-0.1, -0.05) is 36.4 Å². The second-order valence-corrected chi connectivity index (χ2v) is 5.95. The Balaban J connectivity index is 1.42. The zero-order valence-corrected chi connectivity index (χ0v) is 13.1. The van der Waals surface area contributed by atoms with E-state index in [0.29, 0.717) is 0 Å². The van der Waals surface area contributed by atoms with Gasteiger partial charge < -0.3 is 0 Å². The van der Waals surface area contributed by atoms with Gasteiger partial charge in [0.1, 0.15) is 0 Å². The van der Waals surface area contributed by atoms with Crippen LogP contribution in [0.3, 0.4) is 0 Å². The van der Waals surface area contributed by atoms with Crippen LogP contribution in [-0.4, -0.2) is 35.7 Å². The summed E-state index contributed by atoms with van der Waals surface area (Å²) in [4.78, 5) is 0. The molecule has 22 heavy (non-hydrogen) atoms. The van der Waals surface area contributed by atoms with E-state index in [4.69, 9.17) is 0 Å². The molecule has 0 bridgehead atoms. The van der Waals surface area contributed by atoms with Gasteiger partial charge in [0, 0.05) is 24.7 Å². The van der Waals surface area contributed by atoms with Crippen molar-refractivity contribution in [2.75, 3.05) is 5.75 Å². The van der Waals surface area contributed by atoms with Crippen molar-refractivity contribution in [3.8, 4) is 5.69 Å². The van der Waals surface area contributed by atoms with E-state index < -0.39 is 0 Å². The van der Waals surface area contributed by atoms with Crippen LogP contribution in [0.2, 0.25) is 0 Å². The van der Waals surface area contributed by atoms with Gasteiger partial charge in [-0.15, -0.1) is 5.10 Å². The van der Waals surface area contributed by atoms with Crippen LogP contribution in [0, 0.1) is 0 Å². The van der Waals surface area contributed by atoms with Crippen molar-refractivity contribution in [1.29, 1.82) is 0 Å². The van der Waals surface area contributed by atoms with Gasteiger partial charge in [0.05, 0.1) is 5.69 Å². The SMILES string of the molecule is c1ccc(-n2nnnc2SCCCCCn2cccn2)cc1. The van der Waals surface area contributed by atoms with E-state index >= 15 is 0 Å². The van der Waals surface area contributed by atoms with Crippen molar-refractivity contribution < 1.29 is 0 Å². The Morgan fingerprint density at radius 3 is 2.73 bits per heavy atom. The molecule has 3 aromatic rings. The summed E-state index contributed by atoms with van der Waals surface area (Å²) in [6, 6.07) is 11.9. The van der Waals surface area contributed by atoms with Crippen molar-refractivity contribution in [2.24, 2.45) is 0 Å². The van der Waals surface area contributed by atoms with Crippen LogP contribution < -0.4 is 0 Å². The Morgan fingerprint density at radius 1 is 1.00 bits per heavy atom. The predicted octanol–water partition coefficient (Wildman–Crippen LogP) is 2.82. The molecule has 0 atom stereocenters. The highest BCUT2D eigenvalue weighted by Gasteiger charge is 2.07. The monoisotopic (exact) mass is 314 g/mol. The first-order valence-electron chi connectivity index (χ1n) is 7.37. The van der Waals surface area contributed by atoms with Crippen molar-refractivity contribution in [2.45, 2.75) is 31.0 Å². The number of unbranched alkanes of at least 4 members (excludes halogenated alkanes) is 2. The largest absolute Gasteiger partial charge is 0.273 e. The fourth-order valence-electron chi connectivity index (χ4n) is 2.15. The predicted molar refractivity (Wildman–Crippen MR) is 86.0 cm³/mol. The average molecular weight is 314 g/mol. The zero-order valence-electron chi connectivity index (χ0n) is 12.2. The van der Waals surface area contributed by atoms with Gasteiger partial charge in [0.15, 0.2) is 0 Å². The number of hydrogen-bond acceptors (Lipinski definition) is 5. The molecular formula is C15H18N6S. The Kier molecular flexibility index (Phi) is 5.20. The summed E-state index contributed by atoms with van der Waals surface area (Å²) in [6.07, 6.45) is 7.29. The van der Waals surface area contributed by atoms with Gasteiger partial charge in [-0.2, -0.15) is 9.78 Å². The number of benzene rings is 1. The minimum atomic E-state index is 0.846. The van der Waals surface area contributed by atoms with Gasteiger partial charge in [0.25, 0.3) is 0 Å². The van der Waals surface area contributed by atoms with E-state index in [1.54, 1.807) is 16.4 Å². The second kappa shape index (κ2) is 7.74. The van der Waals surface area contributed by atoms with E-state index in [2.05, 4.69) is 20.6 Å². The fraction of sp³-hybridized carbons (Fsp3) is 0.333. The van der Waals surface area contributed by atoms with Gasteiger partial charge >= 0.3 is 0 Å². The first-order valence-corrected chi connectivity index (χ1v) is 8.36. The highest BCUT2D eigenvalue weighted by molar-refractivity contribution is 7.99. The molecule has 114 valence electrons. The summed E-state index contributed by atoms with van der Waals surface area (Å²) < 4.78 is 3.76. The van der Waals surface area contributed by atoms with Crippen LogP contribution in [-0.2, 0) is 6.54 Å². The van der Waals surface area contributed by atoms with Gasteiger partial charge in [0.2, 0.25) is 5.16 Å². The third-order valence-corrected chi connectivity index (χ3v) is 4.27. The lowest BCUT2D eigenvalue weighted by Gasteiger charge is -2.04. The topological polar surface area (TPSA) is 61.4 Å². The van der Waals surface area contributed by atoms with Crippen LogP contribution in [0.15, 0.2) is 53.9 Å². The number of hydrogen-bond donors (Lipinski definition) is 0. The summed E-state index contributed by atoms with van der Waals surface area (Å²) >= 11 is 1.70. The van der Waals surface area contributed by atoms with E-state index in [1.807, 2.05) is 53.5 Å². The van der Waals surface area contributed by atoms with Gasteiger partial charge in [-0.25, -0.2) is 0 Å². The smallest absolute Gasteiger partial charge is 0.214 e. The maximum atomic E-state index is 4.20. The molecule has 1 aromatic carbocycles. The fourth-order valence-corrected chi connectivity index (χ4v) is 3.04. The Labute approximate surface area is 133 Å². The van der Waals surface area contributed by atoms with E-state index in [1.165, 1.54) is 6.42 Å². The molecule has 0 unspecified atom stereocenters. The molecule has 2 heterocycles. The molecule has 0 fully saturated rings. The lowest BCUT2D eigenvalue weighted by Crippen LogP contribution is -1.99. The molecule has 0 spiro atoms. The summed E-state index contributed by atoms with van der Waals surface area (Å²) in [6.45, 7) is 0.986. The summed E-state index contributed by atoms with van der Waals surface area (Å²) in [5.41, 5.74) is 0.994. The van der Waals surface area contributed by atoms with Crippen molar-refractivity contribution in [3.63, 3.8) is 0 Å². The first kappa shape index (κ1) is 14.8. The first-order chi connectivity index (χ1) is 10.9. The molecule has 0 aliphatic heterocycles. The van der Waals surface area contributed by atoms with Crippen LogP contribution in [0.4, 0.5) is 0 Å². The van der Waals surface area contributed by atoms with Crippen molar-refractivity contribution in [1.82, 2.24) is 30.0 Å². The number of tetrazole rings is 1. The maximum Gasteiger partial charge on any atom is 0.214 e. The van der Waals surface area contributed by atoms with E-state index in [0.717, 1.165) is 36.0 Å². The normalized spacial score (nSPS) is 10.9. The number of aryl methyl sites for hydroxylation is 1. The average Bonchev–Trinajstić information content (AvgIpc) is 3.23. The van der Waals surface area contributed by atoms with E-state index in [-0.39, 0.29) is 0 Å². The zero-order chi connectivity index (χ0) is 15.0. The Morgan fingerprint density at radius 2 is 1.91 bits per heavy atom. The van der Waals surface area contributed by atoms with Crippen LogP contribution in [0.25, 0.3) is 5.69 Å². The lowest BCUT2D eigenvalue weighted by atomic mass is 10.2. The number of rotatable bonds is 8. The molecule has 2 aromatic heterocycles. The van der Waals surface area contributed by atoms with Gasteiger partial charge in [-0.3, -0.25) is 4.68 Å². The summed E-state index contributed by atoms with van der Waals surface area (Å²) in [5.74, 6) is 1.02. The Hall–Kier alpha value is -2.15. The third-order valence-electron chi connectivity index (χ3n) is 3.26. The van der Waals surface area contributed by atoms with Crippen molar-refractivity contribution >= 4 is 11.8 Å². The molecule has 0 saturated carbocycles. The minimum Gasteiger partial charge on any atom is -0.273 e. The number of aromatic nitrogens is 6. The molecule has 7 heteroatoms. The molecule has 0 aliphatic carbocycles. The third kappa shape index (κ3) is 3.94. The molecule has 3 rings (SSSR count). The standard InChI is InChI=1S/C15H18N6S/c1-3-8-14(9-4-1)21-15(17-18-19-21)22-13-6-2-5-11-20-12-7-10-16-20/h1,3-4,7-10,12H,2,5-6,11,13H2. The second-order valence-electron chi connectivity index (χ2n) is 4.89. The molecular weight excluding hydrogens is 296 g/mol. The van der Waals surface area contributed by atoms with E-state index in [9.17, 15) is 0 Å². The minimum absolute atomic E-state index is 0.846. The summed E-state index contributed by atoms with van der Waals surface area (Å²) in [7, 11) is 0. The number of para-hydroxylation sites is 1. The van der Waals surface area contributed by atoms with Crippen LogP contribution >= 0.6 is 11.8 Å². The van der Waals surface area contributed by atoms with Gasteiger partial charge in [-0.05, 0) is 41.5 Å². The summed E-state index contributed by atoms with van der Waals surface area (Å²) in [5, 5.41) is 17.0. The molecule has 0 saturated heterocycles. The van der Waals surface area contributed by atoms with Crippen LogP contribution in [0.5, 0.6) is 0 Å². The number of thioether (sulfide) groups is 1. The maximum absolute atomic E-state index is 4.20. The quantitative estimate of drug-likeness (QED) is 0.472. The van der Waals surface area contributed by atoms with Crippen LogP contribution in [0.1, 0.15) is 19.3 Å². The number of nitrogens with zero attached hydrogens (tertiary/aromatic N) is 6. The lowest BCUT2D eigenvalue weighted by molar-refractivity contribution is 0.554. The molecule has 0 amide bonds. The molecule has 6 nitrogen and oxygen atoms in total. The molecule has 0 N–H and O–H groups in total. The molecule has 0 aliphatic rings. The van der Waals surface area contributed by atoms with Crippen molar-refractivity contribution in [3.05, 3.63) is 48.8 Å². The highest BCUT2D eigenvalue weighted by atomic mass is 32.2. The molecule has 0 radical (unpaired) electrons. The Bertz CT molecular complexity index is 664.